The van der Waals surface area contributed by atoms with Crippen molar-refractivity contribution in [2.24, 2.45) is 0 Å². The minimum Gasteiger partial charge on any atom is -0.359 e. The summed E-state index contributed by atoms with van der Waals surface area (Å²) >= 11 is 1.29. The van der Waals surface area contributed by atoms with E-state index in [2.05, 4.69) is 81.5 Å². The highest BCUT2D eigenvalue weighted by Gasteiger charge is 2.49. The Balaban J connectivity index is 0.000000206. The van der Waals surface area contributed by atoms with Gasteiger partial charge in [0, 0.05) is 103 Å². The van der Waals surface area contributed by atoms with Crippen molar-refractivity contribution in [1.82, 2.24) is 50.0 Å². The number of nitrogens with zero attached hydrogens (tertiary/aromatic N) is 12. The molecule has 0 spiro atoms. The third-order valence-corrected chi connectivity index (χ3v) is 33.7. The summed E-state index contributed by atoms with van der Waals surface area (Å²) in [5.74, 6) is -3.05. The van der Waals surface area contributed by atoms with Crippen LogP contribution in [0.3, 0.4) is 0 Å². The van der Waals surface area contributed by atoms with Gasteiger partial charge >= 0.3 is 18.5 Å². The predicted octanol–water partition coefficient (Wildman–Crippen LogP) is 15.0. The van der Waals surface area contributed by atoms with Crippen molar-refractivity contribution in [3.63, 3.8) is 0 Å². The standard InChI is InChI=1S/C19H26N4O3S2.C18H19F3N4O3S.C17H23N3O4S.2C16H16F3N3O3S/c1-18(2,3)14-12-27-17(21-14)22-16(24)19(4,5)28(25,26)13-7-8-15(20-11-13)23-9-6-10-23;1-17(2,16(26)24-14-6-3-5-13(23-14)18(19,20)21)29(27,28)12-7-8-15(22-11-12)25-9-4-10-25;1-11-7-8-12(10-18-11)25(22,23)17(5,6)15(21)19-14-9-13(24-20-14)16(2,3)4;1-10-4-6-12(9-20-10)26(24,25)15(2,3)14(23)22-13-7-5-11(8-21-13)16(17,18)19;1-10-7-8-11(9-20-10)26(24,25)15(2,3)14(23)22-13-6-4-5-12(21-13)16(17,18)19/h7-8,11-12H,6,9-10H2,1-5H3,(H,21,22,24);3,5-8,11H,4,9-10H2,1-2H3,(H,23,24,26);7-10H,1-6H3,(H,19,20,21);2*4-9H,1-3H3,(H,21,22,23). The second-order valence-corrected chi connectivity index (χ2v) is 48.3. The van der Waals surface area contributed by atoms with Crippen molar-refractivity contribution in [3.05, 3.63) is 203 Å². The quantitative estimate of drug-likeness (QED) is 0.0393. The summed E-state index contributed by atoms with van der Waals surface area (Å²) in [6, 6.07) is 24.0. The third kappa shape index (κ3) is 25.0. The second kappa shape index (κ2) is 40.3. The molecule has 2 saturated heterocycles. The predicted molar refractivity (Wildman–Crippen MR) is 482 cm³/mol. The highest BCUT2D eigenvalue weighted by Crippen LogP contribution is 2.38. The maximum atomic E-state index is 13.1. The number of sulfone groups is 5. The molecular weight excluding hydrogens is 1890 g/mol. The number of rotatable bonds is 22. The minimum atomic E-state index is -4.69. The Morgan fingerprint density at radius 2 is 0.664 bits per heavy atom. The molecule has 33 nitrogen and oxygen atoms in total. The number of pyridine rings is 8. The number of nitrogens with one attached hydrogen (secondary N) is 5. The van der Waals surface area contributed by atoms with E-state index in [0.717, 1.165) is 125 Å². The Morgan fingerprint density at radius 1 is 0.343 bits per heavy atom. The van der Waals surface area contributed by atoms with Crippen molar-refractivity contribution < 1.29 is 110 Å². The van der Waals surface area contributed by atoms with E-state index in [0.29, 0.717) is 40.0 Å². The fourth-order valence-corrected chi connectivity index (χ4v) is 18.6. The molecule has 10 aromatic rings. The average Bonchev–Trinajstić information content (AvgIpc) is 1.12. The van der Waals surface area contributed by atoms with Gasteiger partial charge in [0.25, 0.3) is 0 Å². The van der Waals surface area contributed by atoms with Crippen LogP contribution >= 0.6 is 11.3 Å². The lowest BCUT2D eigenvalue weighted by molar-refractivity contribution is -0.141. The Bertz CT molecular complexity index is 6530. The van der Waals surface area contributed by atoms with Crippen molar-refractivity contribution in [1.29, 1.82) is 0 Å². The lowest BCUT2D eigenvalue weighted by atomic mass is 9.93. The highest BCUT2D eigenvalue weighted by molar-refractivity contribution is 7.95. The van der Waals surface area contributed by atoms with Crippen molar-refractivity contribution in [2.75, 3.05) is 62.6 Å². The van der Waals surface area contributed by atoms with Crippen LogP contribution in [0.25, 0.3) is 0 Å². The van der Waals surface area contributed by atoms with Crippen LogP contribution in [0.15, 0.2) is 187 Å². The van der Waals surface area contributed by atoms with Gasteiger partial charge in [-0.15, -0.1) is 11.3 Å². The number of halogens is 9. The number of carbonyl (C=O) groups is 5. The molecular formula is C86H100F9N17O16S6. The van der Waals surface area contributed by atoms with E-state index in [9.17, 15) is 106 Å². The first-order valence-electron chi connectivity index (χ1n) is 40.5. The number of alkyl halides is 9. The molecule has 5 amide bonds. The number of aromatic nitrogens is 10. The maximum Gasteiger partial charge on any atom is 0.433 e. The van der Waals surface area contributed by atoms with Gasteiger partial charge < -0.3 is 40.9 Å². The molecule has 2 aliphatic rings. The number of amides is 5. The van der Waals surface area contributed by atoms with E-state index in [1.54, 1.807) is 45.0 Å². The zero-order chi connectivity index (χ0) is 101. The monoisotopic (exact) mass is 1990 g/mol. The molecule has 0 saturated carbocycles. The van der Waals surface area contributed by atoms with Crippen LogP contribution in [-0.2, 0) is 103 Å². The Hall–Kier alpha value is -11.9. The van der Waals surface area contributed by atoms with Gasteiger partial charge in [-0.25, -0.2) is 72.0 Å². The third-order valence-electron chi connectivity index (χ3n) is 21.0. The summed E-state index contributed by atoms with van der Waals surface area (Å²) < 4.78 is 239. The van der Waals surface area contributed by atoms with Crippen LogP contribution in [0.1, 0.15) is 169 Å². The average molecular weight is 1990 g/mol. The van der Waals surface area contributed by atoms with Gasteiger partial charge in [-0.2, -0.15) is 39.5 Å². The molecule has 2 aliphatic heterocycles. The summed E-state index contributed by atoms with van der Waals surface area (Å²) in [5.41, 5.74) is -1.04. The first-order chi connectivity index (χ1) is 61.4. The van der Waals surface area contributed by atoms with Crippen LogP contribution in [0.4, 0.5) is 79.6 Å². The van der Waals surface area contributed by atoms with Gasteiger partial charge in [-0.3, -0.25) is 38.9 Å². The minimum absolute atomic E-state index is 0.00576. The second-order valence-electron chi connectivity index (χ2n) is 35.0. The Kier molecular flexibility index (Phi) is 32.3. The molecule has 724 valence electrons. The van der Waals surface area contributed by atoms with Crippen molar-refractivity contribution >= 4 is 130 Å². The van der Waals surface area contributed by atoms with Crippen LogP contribution < -0.4 is 36.4 Å². The SMILES string of the molecule is CC(C)(C(=O)Nc1cccc(C(F)(F)F)n1)S(=O)(=O)c1ccc(N2CCC2)nc1.CC(C)(C)c1csc(NC(=O)C(C)(C)S(=O)(=O)c2ccc(N3CCC3)nc2)n1.Cc1ccc(S(=O)(=O)C(C)(C)C(=O)Nc2cc(C(C)(C)C)on2)cn1.Cc1ccc(S(=O)(=O)C(C)(C)C(=O)Nc2ccc(C(F)(F)F)cn2)cn1.Cc1ccc(S(=O)(=O)C(C)(C)C(=O)Nc2cccc(C(F)(F)F)n2)cn1. The van der Waals surface area contributed by atoms with E-state index in [1.165, 1.54) is 128 Å². The van der Waals surface area contributed by atoms with E-state index in [-0.39, 0.29) is 52.8 Å². The zero-order valence-corrected chi connectivity index (χ0v) is 80.9. The number of anilines is 7. The fraction of sp³-hybridized carbons (Fsp3) is 0.407. The summed E-state index contributed by atoms with van der Waals surface area (Å²) in [4.78, 5) is 101. The normalized spacial score (nSPS) is 13.8. The van der Waals surface area contributed by atoms with E-state index in [4.69, 9.17) is 4.52 Å². The largest absolute Gasteiger partial charge is 0.433 e. The first kappa shape index (κ1) is 107. The maximum absolute atomic E-state index is 13.1. The van der Waals surface area contributed by atoms with Gasteiger partial charge in [0.1, 0.15) is 70.0 Å². The molecule has 134 heavy (non-hydrogen) atoms. The van der Waals surface area contributed by atoms with Crippen LogP contribution in [-0.4, -0.2) is 172 Å². The summed E-state index contributed by atoms with van der Waals surface area (Å²) in [6.45, 7) is 33.1. The van der Waals surface area contributed by atoms with Gasteiger partial charge in [0.05, 0.1) is 35.7 Å². The molecule has 0 aliphatic carbocycles. The lowest BCUT2D eigenvalue weighted by Crippen LogP contribution is -2.44. The highest BCUT2D eigenvalue weighted by atomic mass is 32.2. The van der Waals surface area contributed by atoms with Crippen LogP contribution in [0.5, 0.6) is 0 Å². The topological polar surface area (TPSA) is 465 Å². The number of aryl methyl sites for hydroxylation is 3. The summed E-state index contributed by atoms with van der Waals surface area (Å²) in [7, 11) is -20.3. The molecule has 48 heteroatoms. The Labute approximate surface area is 773 Å². The first-order valence-corrected chi connectivity index (χ1v) is 48.8. The Morgan fingerprint density at radius 3 is 0.918 bits per heavy atom. The summed E-state index contributed by atoms with van der Waals surface area (Å²) in [6.07, 6.45) is -5.17. The van der Waals surface area contributed by atoms with Crippen LogP contribution in [0.2, 0.25) is 0 Å². The fourth-order valence-electron chi connectivity index (χ4n) is 11.1. The van der Waals surface area contributed by atoms with Gasteiger partial charge in [0.2, 0.25) is 29.5 Å². The molecule has 5 N–H and O–H groups in total. The van der Waals surface area contributed by atoms with Gasteiger partial charge in [0.15, 0.2) is 60.1 Å². The van der Waals surface area contributed by atoms with Crippen LogP contribution in [0, 0.1) is 20.8 Å². The zero-order valence-electron chi connectivity index (χ0n) is 76.0. The van der Waals surface area contributed by atoms with Crippen molar-refractivity contribution in [3.8, 4) is 0 Å². The number of hydrogen-bond donors (Lipinski definition) is 5. The number of thiazole rings is 1. The molecule has 12 heterocycles. The molecule has 12 rings (SSSR count). The van der Waals surface area contributed by atoms with E-state index >= 15 is 0 Å². The molecule has 0 aromatic carbocycles. The van der Waals surface area contributed by atoms with Crippen molar-refractivity contribution in [2.45, 2.75) is 222 Å². The molecule has 2 fully saturated rings. The molecule has 0 bridgehead atoms. The number of hydrogen-bond acceptors (Lipinski definition) is 29. The molecule has 0 atom stereocenters. The molecule has 0 radical (unpaired) electrons. The number of carbonyl (C=O) groups excluding carboxylic acids is 5. The van der Waals surface area contributed by atoms with Gasteiger partial charge in [-0.05, 0) is 200 Å². The summed E-state index contributed by atoms with van der Waals surface area (Å²) in [5, 5.41) is 17.8. The van der Waals surface area contributed by atoms with E-state index < -0.39 is 144 Å². The molecule has 0 unspecified atom stereocenters. The van der Waals surface area contributed by atoms with Gasteiger partial charge in [-0.1, -0.05) is 58.8 Å². The smallest absolute Gasteiger partial charge is 0.359 e. The lowest BCUT2D eigenvalue weighted by Gasteiger charge is -2.32. The van der Waals surface area contributed by atoms with E-state index in [1.807, 2.05) is 51.8 Å². The molecule has 10 aromatic heterocycles.